The third-order valence-corrected chi connectivity index (χ3v) is 0.268. The Morgan fingerprint density at radius 1 is 1.17 bits per heavy atom. The van der Waals surface area contributed by atoms with E-state index in [4.69, 9.17) is 0 Å². The van der Waals surface area contributed by atoms with Crippen LogP contribution < -0.4 is 0 Å². The summed E-state index contributed by atoms with van der Waals surface area (Å²) in [6.45, 7) is 0. The molecule has 0 amide bonds. The standard InChI is InChI=1S/FN5/c1-6-4-2-3-5-6. The van der Waals surface area contributed by atoms with Gasteiger partial charge in [0.15, 0.2) is 0 Å². The van der Waals surface area contributed by atoms with E-state index in [1.54, 1.807) is 0 Å². The number of hydrogen-bond acceptors (Lipinski definition) is 4. The molecule has 0 unspecified atom stereocenters. The molecule has 1 heterocycles. The van der Waals surface area contributed by atoms with Crippen LogP contribution in [0.5, 0.6) is 0 Å². The van der Waals surface area contributed by atoms with Crippen molar-refractivity contribution in [2.75, 3.05) is 0 Å². The van der Waals surface area contributed by atoms with Gasteiger partial charge in [-0.25, -0.2) is 0 Å². The lowest BCUT2D eigenvalue weighted by atomic mass is 12.6. The maximum absolute atomic E-state index is 11.2. The summed E-state index contributed by atoms with van der Waals surface area (Å²) in [5.74, 6) is 0. The lowest BCUT2D eigenvalue weighted by Gasteiger charge is -1.60. The van der Waals surface area contributed by atoms with Crippen molar-refractivity contribution in [3.8, 4) is 0 Å². The second-order valence-electron chi connectivity index (χ2n) is 0.598. The molecular weight excluding hydrogens is 89.0 g/mol. The van der Waals surface area contributed by atoms with Gasteiger partial charge >= 0.3 is 0 Å². The topological polar surface area (TPSA) is 56.5 Å². The van der Waals surface area contributed by atoms with Crippen molar-refractivity contribution < 1.29 is 4.48 Å². The van der Waals surface area contributed by atoms with Crippen molar-refractivity contribution in [3.63, 3.8) is 0 Å². The maximum Gasteiger partial charge on any atom is 0.0370 e. The minimum Gasteiger partial charge on any atom is -0.0522 e. The van der Waals surface area contributed by atoms with Gasteiger partial charge in [0.25, 0.3) is 0 Å². The number of halogens is 1. The number of rotatable bonds is 0. The Hall–Kier alpha value is -1.07. The molecule has 0 atom stereocenters. The first-order chi connectivity index (χ1) is 2.89. The highest BCUT2D eigenvalue weighted by Crippen LogP contribution is 1.58. The Balaban J connectivity index is 3.05. The van der Waals surface area contributed by atoms with Crippen molar-refractivity contribution >= 4 is 0 Å². The van der Waals surface area contributed by atoms with E-state index in [0.717, 1.165) is 0 Å². The van der Waals surface area contributed by atoms with Crippen LogP contribution in [0.4, 0.5) is 4.48 Å². The lowest BCUT2D eigenvalue weighted by molar-refractivity contribution is 0.253. The molecule has 1 aromatic rings. The van der Waals surface area contributed by atoms with E-state index in [2.05, 4.69) is 20.9 Å². The van der Waals surface area contributed by atoms with Gasteiger partial charge in [-0.1, -0.05) is 4.48 Å². The van der Waals surface area contributed by atoms with Gasteiger partial charge in [-0.15, -0.1) is 0 Å². The van der Waals surface area contributed by atoms with Crippen molar-refractivity contribution in [3.05, 3.63) is 0 Å². The maximum atomic E-state index is 11.2. The fraction of sp³-hybridized carbons (Fsp3) is 0. The molecule has 0 saturated heterocycles. The van der Waals surface area contributed by atoms with E-state index in [1.807, 2.05) is 0 Å². The first kappa shape index (κ1) is 3.13. The molecule has 0 saturated carbocycles. The van der Waals surface area contributed by atoms with Crippen LogP contribution in [0.2, 0.25) is 0 Å². The SMILES string of the molecule is Fn1nnnn1. The fourth-order valence-electron chi connectivity index (χ4n) is 0.120. The zero-order valence-corrected chi connectivity index (χ0v) is 2.61. The molecule has 0 aliphatic carbocycles. The van der Waals surface area contributed by atoms with Crippen LogP contribution in [0.25, 0.3) is 0 Å². The Morgan fingerprint density at radius 3 is 1.83 bits per heavy atom. The van der Waals surface area contributed by atoms with E-state index in [0.29, 0.717) is 0 Å². The van der Waals surface area contributed by atoms with Gasteiger partial charge in [0, 0.05) is 25.9 Å². The highest BCUT2D eigenvalue weighted by atomic mass is 19.2. The van der Waals surface area contributed by atoms with Crippen molar-refractivity contribution in [1.29, 1.82) is 0 Å². The average molecular weight is 89.0 g/mol. The smallest absolute Gasteiger partial charge is 0.0370 e. The van der Waals surface area contributed by atoms with Gasteiger partial charge in [0.2, 0.25) is 0 Å². The average Bonchev–Trinajstić information content (AvgIpc) is 1.86. The molecule has 1 aromatic heterocycles. The Kier molecular flexibility index (Phi) is 0.501. The first-order valence-corrected chi connectivity index (χ1v) is 1.17. The molecule has 0 fully saturated rings. The van der Waals surface area contributed by atoms with Crippen LogP contribution in [0.3, 0.4) is 0 Å². The first-order valence-electron chi connectivity index (χ1n) is 1.17. The zero-order valence-electron chi connectivity index (χ0n) is 2.61. The summed E-state index contributed by atoms with van der Waals surface area (Å²) in [6.07, 6.45) is 0. The van der Waals surface area contributed by atoms with Gasteiger partial charge in [-0.05, 0) is 0 Å². The van der Waals surface area contributed by atoms with Crippen molar-refractivity contribution in [2.24, 2.45) is 0 Å². The second-order valence-corrected chi connectivity index (χ2v) is 0.598. The molecule has 0 aromatic carbocycles. The minimum absolute atomic E-state index is 0.222. The van der Waals surface area contributed by atoms with E-state index in [1.165, 1.54) is 0 Å². The van der Waals surface area contributed by atoms with Crippen LogP contribution in [-0.4, -0.2) is 25.9 Å². The minimum atomic E-state index is -0.222. The normalized spacial score (nSPS) is 8.83. The summed E-state index contributed by atoms with van der Waals surface area (Å²) in [6, 6.07) is 0. The molecule has 0 spiro atoms. The van der Waals surface area contributed by atoms with Crippen molar-refractivity contribution in [2.45, 2.75) is 0 Å². The monoisotopic (exact) mass is 89.0 g/mol. The summed E-state index contributed by atoms with van der Waals surface area (Å²) in [7, 11) is 0. The van der Waals surface area contributed by atoms with E-state index in [-0.39, 0.29) is 5.02 Å². The molecule has 0 radical (unpaired) electrons. The van der Waals surface area contributed by atoms with Gasteiger partial charge < -0.3 is 0 Å². The van der Waals surface area contributed by atoms with Gasteiger partial charge in [0.05, 0.1) is 0 Å². The Morgan fingerprint density at radius 2 is 1.67 bits per heavy atom. The fourth-order valence-corrected chi connectivity index (χ4v) is 0.120. The highest BCUT2D eigenvalue weighted by Gasteiger charge is 1.79. The Bertz CT molecular complexity index is 107. The number of nitrogens with zero attached hydrogens (tertiary/aromatic N) is 5. The lowest BCUT2D eigenvalue weighted by Crippen LogP contribution is -1.84. The van der Waals surface area contributed by atoms with Gasteiger partial charge in [-0.2, -0.15) is 0 Å². The molecule has 6 heteroatoms. The Labute approximate surface area is 31.7 Å². The third kappa shape index (κ3) is 0.310. The summed E-state index contributed by atoms with van der Waals surface area (Å²) in [5.41, 5.74) is 0. The summed E-state index contributed by atoms with van der Waals surface area (Å²) >= 11 is 0. The molecule has 0 aliphatic heterocycles. The molecule has 32 valence electrons. The van der Waals surface area contributed by atoms with Crippen molar-refractivity contribution in [1.82, 2.24) is 25.9 Å². The molecule has 0 N–H and O–H groups in total. The summed E-state index contributed by atoms with van der Waals surface area (Å²) in [5, 5.41) is 10.8. The molecule has 0 aliphatic rings. The number of hydrogen-bond donors (Lipinski definition) is 0. The van der Waals surface area contributed by atoms with Crippen LogP contribution in [0.1, 0.15) is 0 Å². The second kappa shape index (κ2) is 0.959. The van der Waals surface area contributed by atoms with E-state index < -0.39 is 0 Å². The van der Waals surface area contributed by atoms with Gasteiger partial charge in [-0.3, -0.25) is 0 Å². The predicted molar refractivity (Wildman–Crippen MR) is 12.1 cm³/mol. The molecular formula is FN5. The zero-order chi connectivity index (χ0) is 4.41. The molecule has 0 bridgehead atoms. The predicted octanol–water partition coefficient (Wildman–Crippen LogP) is -1.20. The summed E-state index contributed by atoms with van der Waals surface area (Å²) < 4.78 is 11.2. The molecule has 6 heavy (non-hydrogen) atoms. The van der Waals surface area contributed by atoms with E-state index >= 15 is 0 Å². The molecule has 1 rings (SSSR count). The largest absolute Gasteiger partial charge is 0.0522 e. The van der Waals surface area contributed by atoms with E-state index in [9.17, 15) is 4.48 Å². The van der Waals surface area contributed by atoms with Crippen LogP contribution >= 0.6 is 0 Å². The van der Waals surface area contributed by atoms with Crippen LogP contribution in [-0.2, 0) is 0 Å². The van der Waals surface area contributed by atoms with Crippen LogP contribution in [0, 0.1) is 0 Å². The van der Waals surface area contributed by atoms with Crippen LogP contribution in [0.15, 0.2) is 0 Å². The summed E-state index contributed by atoms with van der Waals surface area (Å²) in [4.78, 5) is 0. The highest BCUT2D eigenvalue weighted by molar-refractivity contribution is 3.92. The molecule has 5 nitrogen and oxygen atoms in total. The quantitative estimate of drug-likeness (QED) is 0.400. The third-order valence-electron chi connectivity index (χ3n) is 0.268. The number of aromatic nitrogens is 5. The van der Waals surface area contributed by atoms with Gasteiger partial charge in [0.1, 0.15) is 0 Å².